The highest BCUT2D eigenvalue weighted by atomic mass is 16.5. The highest BCUT2D eigenvalue weighted by Crippen LogP contribution is 2.07. The fourth-order valence-electron chi connectivity index (χ4n) is 1.75. The van der Waals surface area contributed by atoms with Gasteiger partial charge in [-0.25, -0.2) is 0 Å². The Bertz CT molecular complexity index is 314. The SMILES string of the molecule is CCN(CCOCCO)Cc1ccc(CN)cc1. The van der Waals surface area contributed by atoms with Gasteiger partial charge in [-0.05, 0) is 17.7 Å². The Hall–Kier alpha value is -0.940. The molecule has 3 N–H and O–H groups in total. The Morgan fingerprint density at radius 2 is 1.83 bits per heavy atom. The van der Waals surface area contributed by atoms with Crippen LogP contribution < -0.4 is 5.73 Å². The highest BCUT2D eigenvalue weighted by molar-refractivity contribution is 5.22. The topological polar surface area (TPSA) is 58.7 Å². The molecule has 1 aromatic rings. The van der Waals surface area contributed by atoms with Crippen LogP contribution in [0.1, 0.15) is 18.1 Å². The molecule has 4 heteroatoms. The molecule has 0 saturated heterocycles. The van der Waals surface area contributed by atoms with Crippen LogP contribution in [-0.4, -0.2) is 42.9 Å². The van der Waals surface area contributed by atoms with E-state index in [1.807, 2.05) is 0 Å². The van der Waals surface area contributed by atoms with Gasteiger partial charge in [0.05, 0.1) is 19.8 Å². The highest BCUT2D eigenvalue weighted by Gasteiger charge is 2.03. The molecule has 0 aromatic heterocycles. The van der Waals surface area contributed by atoms with Crippen LogP contribution in [0.15, 0.2) is 24.3 Å². The largest absolute Gasteiger partial charge is 0.394 e. The van der Waals surface area contributed by atoms with Gasteiger partial charge in [-0.3, -0.25) is 4.90 Å². The Balaban J connectivity index is 2.36. The van der Waals surface area contributed by atoms with E-state index < -0.39 is 0 Å². The first-order valence-electron chi connectivity index (χ1n) is 6.49. The zero-order valence-electron chi connectivity index (χ0n) is 11.1. The second kappa shape index (κ2) is 9.05. The standard InChI is InChI=1S/C14H24N2O2/c1-2-16(7-9-18-10-8-17)12-14-5-3-13(11-15)4-6-14/h3-6,17H,2,7-12,15H2,1H3. The molecule has 18 heavy (non-hydrogen) atoms. The quantitative estimate of drug-likeness (QED) is 0.643. The van der Waals surface area contributed by atoms with Gasteiger partial charge < -0.3 is 15.6 Å². The molecular weight excluding hydrogens is 228 g/mol. The summed E-state index contributed by atoms with van der Waals surface area (Å²) >= 11 is 0. The Morgan fingerprint density at radius 1 is 1.17 bits per heavy atom. The van der Waals surface area contributed by atoms with Crippen molar-refractivity contribution < 1.29 is 9.84 Å². The summed E-state index contributed by atoms with van der Waals surface area (Å²) in [5.41, 5.74) is 8.02. The van der Waals surface area contributed by atoms with Gasteiger partial charge in [-0.2, -0.15) is 0 Å². The van der Waals surface area contributed by atoms with E-state index in [1.54, 1.807) is 0 Å². The first-order valence-corrected chi connectivity index (χ1v) is 6.49. The average Bonchev–Trinajstić information content (AvgIpc) is 2.43. The minimum absolute atomic E-state index is 0.0900. The fraction of sp³-hybridized carbons (Fsp3) is 0.571. The maximum atomic E-state index is 8.62. The van der Waals surface area contributed by atoms with Gasteiger partial charge in [0.25, 0.3) is 0 Å². The van der Waals surface area contributed by atoms with Crippen molar-refractivity contribution in [3.05, 3.63) is 35.4 Å². The van der Waals surface area contributed by atoms with Crippen molar-refractivity contribution in [1.29, 1.82) is 0 Å². The van der Waals surface area contributed by atoms with Crippen molar-refractivity contribution >= 4 is 0 Å². The van der Waals surface area contributed by atoms with E-state index in [1.165, 1.54) is 5.56 Å². The number of nitrogens with two attached hydrogens (primary N) is 1. The van der Waals surface area contributed by atoms with Crippen LogP contribution in [0.25, 0.3) is 0 Å². The second-order valence-electron chi connectivity index (χ2n) is 4.23. The minimum atomic E-state index is 0.0900. The average molecular weight is 252 g/mol. The van der Waals surface area contributed by atoms with Crippen molar-refractivity contribution in [2.24, 2.45) is 5.73 Å². The summed E-state index contributed by atoms with van der Waals surface area (Å²) in [6.45, 7) is 6.69. The second-order valence-corrected chi connectivity index (χ2v) is 4.23. The number of rotatable bonds is 9. The van der Waals surface area contributed by atoms with Gasteiger partial charge in [0.2, 0.25) is 0 Å². The fourth-order valence-corrected chi connectivity index (χ4v) is 1.75. The third-order valence-electron chi connectivity index (χ3n) is 2.90. The summed E-state index contributed by atoms with van der Waals surface area (Å²) in [6, 6.07) is 8.40. The lowest BCUT2D eigenvalue weighted by atomic mass is 10.1. The van der Waals surface area contributed by atoms with Crippen molar-refractivity contribution in [3.63, 3.8) is 0 Å². The molecular formula is C14H24N2O2. The van der Waals surface area contributed by atoms with Gasteiger partial charge in [0.15, 0.2) is 0 Å². The summed E-state index contributed by atoms with van der Waals surface area (Å²) in [7, 11) is 0. The summed E-state index contributed by atoms with van der Waals surface area (Å²) in [4.78, 5) is 2.31. The molecule has 0 radical (unpaired) electrons. The monoisotopic (exact) mass is 252 g/mol. The summed E-state index contributed by atoms with van der Waals surface area (Å²) in [5.74, 6) is 0. The van der Waals surface area contributed by atoms with Crippen molar-refractivity contribution in [3.8, 4) is 0 Å². The molecule has 0 heterocycles. The summed E-state index contributed by atoms with van der Waals surface area (Å²) < 4.78 is 5.28. The van der Waals surface area contributed by atoms with Crippen LogP contribution in [0.3, 0.4) is 0 Å². The molecule has 0 saturated carbocycles. The van der Waals surface area contributed by atoms with Crippen molar-refractivity contribution in [1.82, 2.24) is 4.90 Å². The van der Waals surface area contributed by atoms with Crippen LogP contribution in [0.2, 0.25) is 0 Å². The Morgan fingerprint density at radius 3 is 2.39 bits per heavy atom. The number of hydrogen-bond donors (Lipinski definition) is 2. The predicted molar refractivity (Wildman–Crippen MR) is 73.2 cm³/mol. The number of hydrogen-bond acceptors (Lipinski definition) is 4. The maximum Gasteiger partial charge on any atom is 0.0698 e. The molecule has 0 aliphatic heterocycles. The zero-order chi connectivity index (χ0) is 13.2. The minimum Gasteiger partial charge on any atom is -0.394 e. The summed E-state index contributed by atoms with van der Waals surface area (Å²) in [5, 5.41) is 8.62. The number of nitrogens with zero attached hydrogens (tertiary/aromatic N) is 1. The molecule has 1 rings (SSSR count). The van der Waals surface area contributed by atoms with Crippen LogP contribution in [0.5, 0.6) is 0 Å². The molecule has 0 amide bonds. The van der Waals surface area contributed by atoms with Crippen LogP contribution >= 0.6 is 0 Å². The lowest BCUT2D eigenvalue weighted by molar-refractivity contribution is 0.0732. The number of ether oxygens (including phenoxy) is 1. The molecule has 0 aliphatic rings. The normalized spacial score (nSPS) is 11.1. The van der Waals surface area contributed by atoms with E-state index in [2.05, 4.69) is 36.1 Å². The Labute approximate surface area is 109 Å². The third kappa shape index (κ3) is 5.60. The number of aliphatic hydroxyl groups is 1. The number of likely N-dealkylation sites (N-methyl/N-ethyl adjacent to an activating group) is 1. The molecule has 0 aliphatic carbocycles. The summed E-state index contributed by atoms with van der Waals surface area (Å²) in [6.07, 6.45) is 0. The molecule has 4 nitrogen and oxygen atoms in total. The zero-order valence-corrected chi connectivity index (χ0v) is 11.1. The van der Waals surface area contributed by atoms with E-state index in [4.69, 9.17) is 15.6 Å². The van der Waals surface area contributed by atoms with Crippen LogP contribution in [-0.2, 0) is 17.8 Å². The molecule has 0 spiro atoms. The van der Waals surface area contributed by atoms with Crippen LogP contribution in [0, 0.1) is 0 Å². The molecule has 1 aromatic carbocycles. The first-order chi connectivity index (χ1) is 8.80. The van der Waals surface area contributed by atoms with E-state index >= 15 is 0 Å². The van der Waals surface area contributed by atoms with E-state index in [0.717, 1.165) is 25.2 Å². The predicted octanol–water partition coefficient (Wildman–Crippen LogP) is 0.976. The van der Waals surface area contributed by atoms with E-state index in [9.17, 15) is 0 Å². The van der Waals surface area contributed by atoms with E-state index in [0.29, 0.717) is 19.8 Å². The van der Waals surface area contributed by atoms with Gasteiger partial charge in [0, 0.05) is 19.6 Å². The van der Waals surface area contributed by atoms with E-state index in [-0.39, 0.29) is 6.61 Å². The van der Waals surface area contributed by atoms with Gasteiger partial charge >= 0.3 is 0 Å². The number of aliphatic hydroxyl groups excluding tert-OH is 1. The van der Waals surface area contributed by atoms with Gasteiger partial charge in [-0.15, -0.1) is 0 Å². The van der Waals surface area contributed by atoms with Crippen molar-refractivity contribution in [2.75, 3.05) is 32.9 Å². The molecule has 0 bridgehead atoms. The lowest BCUT2D eigenvalue weighted by Gasteiger charge is -2.20. The lowest BCUT2D eigenvalue weighted by Crippen LogP contribution is -2.27. The van der Waals surface area contributed by atoms with Gasteiger partial charge in [-0.1, -0.05) is 31.2 Å². The smallest absolute Gasteiger partial charge is 0.0698 e. The molecule has 102 valence electrons. The maximum absolute atomic E-state index is 8.62. The third-order valence-corrected chi connectivity index (χ3v) is 2.90. The molecule has 0 fully saturated rings. The van der Waals surface area contributed by atoms with Crippen LogP contribution in [0.4, 0.5) is 0 Å². The Kier molecular flexibility index (Phi) is 7.60. The molecule has 0 unspecified atom stereocenters. The number of benzene rings is 1. The van der Waals surface area contributed by atoms with Gasteiger partial charge in [0.1, 0.15) is 0 Å². The first kappa shape index (κ1) is 15.1. The molecule has 0 atom stereocenters. The van der Waals surface area contributed by atoms with Crippen molar-refractivity contribution in [2.45, 2.75) is 20.0 Å².